The number of sulfone groups is 1. The second kappa shape index (κ2) is 10.3. The largest absolute Gasteiger partial charge is 0.299 e. The molecule has 1 aliphatic heterocycles. The summed E-state index contributed by atoms with van der Waals surface area (Å²) in [5.41, 5.74) is 2.92. The third kappa shape index (κ3) is 5.55. The molecule has 0 radical (unpaired) electrons. The van der Waals surface area contributed by atoms with Crippen molar-refractivity contribution in [2.24, 2.45) is 5.92 Å². The summed E-state index contributed by atoms with van der Waals surface area (Å²) in [4.78, 5) is 21.5. The maximum Gasteiger partial charge on any atom is 0.178 e. The molecule has 1 unspecified atom stereocenters. The summed E-state index contributed by atoms with van der Waals surface area (Å²) >= 11 is 1.60. The van der Waals surface area contributed by atoms with Gasteiger partial charge >= 0.3 is 0 Å². The summed E-state index contributed by atoms with van der Waals surface area (Å²) in [5.74, 6) is 0.209. The summed E-state index contributed by atoms with van der Waals surface area (Å²) in [6.45, 7) is 8.87. The molecule has 3 aromatic rings. The average molecular weight is 515 g/mol. The molecule has 0 fully saturated rings. The molecule has 2 atom stereocenters. The fraction of sp³-hybridized carbons (Fsp3) is 0.407. The molecule has 0 saturated carbocycles. The van der Waals surface area contributed by atoms with E-state index in [2.05, 4.69) is 25.7 Å². The number of fused-ring (bicyclic) bond motifs is 1. The van der Waals surface area contributed by atoms with E-state index in [1.807, 2.05) is 12.1 Å². The van der Waals surface area contributed by atoms with Crippen LogP contribution in [0.1, 0.15) is 66.5 Å². The minimum absolute atomic E-state index is 0.0530. The van der Waals surface area contributed by atoms with Crippen LogP contribution >= 0.6 is 11.3 Å². The Balaban J connectivity index is 1.44. The number of ketones is 1. The van der Waals surface area contributed by atoms with Crippen LogP contribution in [0.4, 0.5) is 4.39 Å². The molecule has 0 saturated heterocycles. The van der Waals surface area contributed by atoms with E-state index in [4.69, 9.17) is 4.98 Å². The lowest BCUT2D eigenvalue weighted by molar-refractivity contribution is -0.117. The Kier molecular flexibility index (Phi) is 7.54. The van der Waals surface area contributed by atoms with E-state index in [9.17, 15) is 17.6 Å². The molecule has 0 amide bonds. The fourth-order valence-corrected chi connectivity index (χ4v) is 6.73. The standard InChI is InChI=1S/C27H31FN2O3S2/c1-5-35(32,33)23-12-6-19(7-13-23)14-22(31)15-25-29-26-24(34-25)16-30(27(26)17(2)3)18(4)20-8-10-21(28)11-9-20/h6-13,17-18,27H,5,14-16H2,1-4H3/t18?,27-/m1/s1. The highest BCUT2D eigenvalue weighted by molar-refractivity contribution is 7.91. The number of aromatic nitrogens is 1. The van der Waals surface area contributed by atoms with Crippen LogP contribution in [0, 0.1) is 11.7 Å². The smallest absolute Gasteiger partial charge is 0.178 e. The molecule has 1 aromatic heterocycles. The number of rotatable bonds is 9. The molecule has 2 heterocycles. The summed E-state index contributed by atoms with van der Waals surface area (Å²) in [5, 5.41) is 0.824. The van der Waals surface area contributed by atoms with Gasteiger partial charge in [0, 0.05) is 23.9 Å². The van der Waals surface area contributed by atoms with Gasteiger partial charge in [0.2, 0.25) is 0 Å². The van der Waals surface area contributed by atoms with Gasteiger partial charge in [0.1, 0.15) is 16.6 Å². The van der Waals surface area contributed by atoms with Gasteiger partial charge in [-0.25, -0.2) is 17.8 Å². The average Bonchev–Trinajstić information content (AvgIpc) is 3.36. The molecular formula is C27H31FN2O3S2. The van der Waals surface area contributed by atoms with Gasteiger partial charge in [0.05, 0.1) is 28.8 Å². The van der Waals surface area contributed by atoms with E-state index < -0.39 is 9.84 Å². The Hall–Kier alpha value is -2.42. The summed E-state index contributed by atoms with van der Waals surface area (Å²) < 4.78 is 37.4. The Labute approximate surface area is 210 Å². The molecule has 0 spiro atoms. The number of carbonyl (C=O) groups is 1. The number of hydrogen-bond acceptors (Lipinski definition) is 6. The maximum atomic E-state index is 13.4. The lowest BCUT2D eigenvalue weighted by Gasteiger charge is -2.33. The number of nitrogens with zero attached hydrogens (tertiary/aromatic N) is 2. The van der Waals surface area contributed by atoms with Gasteiger partial charge in [0.15, 0.2) is 9.84 Å². The highest BCUT2D eigenvalue weighted by Gasteiger charge is 2.38. The van der Waals surface area contributed by atoms with Crippen molar-refractivity contribution in [1.82, 2.24) is 9.88 Å². The molecule has 1 aliphatic rings. The SMILES string of the molecule is CCS(=O)(=O)c1ccc(CC(=O)Cc2nc3c(s2)CN(C(C)c2ccc(F)cc2)[C@@H]3C(C)C)cc1. The first-order chi connectivity index (χ1) is 16.6. The van der Waals surface area contributed by atoms with E-state index in [0.717, 1.165) is 28.4 Å². The first kappa shape index (κ1) is 25.7. The Morgan fingerprint density at radius 3 is 2.34 bits per heavy atom. The lowest BCUT2D eigenvalue weighted by atomic mass is 9.98. The van der Waals surface area contributed by atoms with E-state index >= 15 is 0 Å². The van der Waals surface area contributed by atoms with Crippen molar-refractivity contribution in [3.05, 3.63) is 81.1 Å². The Morgan fingerprint density at radius 2 is 1.74 bits per heavy atom. The molecular weight excluding hydrogens is 483 g/mol. The molecule has 5 nitrogen and oxygen atoms in total. The zero-order valence-corrected chi connectivity index (χ0v) is 22.1. The molecule has 35 heavy (non-hydrogen) atoms. The van der Waals surface area contributed by atoms with Gasteiger partial charge < -0.3 is 0 Å². The molecule has 4 rings (SSSR count). The normalized spacial score (nSPS) is 17.0. The Morgan fingerprint density at radius 1 is 1.09 bits per heavy atom. The minimum Gasteiger partial charge on any atom is -0.299 e. The summed E-state index contributed by atoms with van der Waals surface area (Å²) in [6, 6.07) is 13.5. The lowest BCUT2D eigenvalue weighted by Crippen LogP contribution is -2.29. The zero-order valence-electron chi connectivity index (χ0n) is 20.5. The first-order valence-corrected chi connectivity index (χ1v) is 14.4. The minimum atomic E-state index is -3.25. The predicted octanol–water partition coefficient (Wildman–Crippen LogP) is 5.70. The van der Waals surface area contributed by atoms with Crippen LogP contribution in [-0.4, -0.2) is 29.8 Å². The topological polar surface area (TPSA) is 67.3 Å². The molecule has 0 bridgehead atoms. The quantitative estimate of drug-likeness (QED) is 0.366. The number of benzene rings is 2. The van der Waals surface area contributed by atoms with Crippen molar-refractivity contribution in [1.29, 1.82) is 0 Å². The predicted molar refractivity (Wildman–Crippen MR) is 137 cm³/mol. The monoisotopic (exact) mass is 514 g/mol. The van der Waals surface area contributed by atoms with Crippen LogP contribution in [0.5, 0.6) is 0 Å². The number of hydrogen-bond donors (Lipinski definition) is 0. The van der Waals surface area contributed by atoms with Crippen molar-refractivity contribution in [3.63, 3.8) is 0 Å². The van der Waals surface area contributed by atoms with Gasteiger partial charge in [-0.3, -0.25) is 9.69 Å². The summed E-state index contributed by atoms with van der Waals surface area (Å²) in [7, 11) is -3.25. The van der Waals surface area contributed by atoms with Gasteiger partial charge in [-0.15, -0.1) is 11.3 Å². The van der Waals surface area contributed by atoms with Crippen LogP contribution in [0.3, 0.4) is 0 Å². The number of halogens is 1. The molecule has 0 N–H and O–H groups in total. The van der Waals surface area contributed by atoms with Gasteiger partial charge in [-0.1, -0.05) is 45.0 Å². The van der Waals surface area contributed by atoms with E-state index in [0.29, 0.717) is 5.92 Å². The van der Waals surface area contributed by atoms with Crippen molar-refractivity contribution < 1.29 is 17.6 Å². The van der Waals surface area contributed by atoms with Crippen molar-refractivity contribution in [3.8, 4) is 0 Å². The first-order valence-electron chi connectivity index (χ1n) is 11.9. The van der Waals surface area contributed by atoms with Gasteiger partial charge in [0.25, 0.3) is 0 Å². The van der Waals surface area contributed by atoms with E-state index in [1.54, 1.807) is 42.5 Å². The number of thiazole rings is 1. The van der Waals surface area contributed by atoms with Gasteiger partial charge in [-0.05, 0) is 48.2 Å². The molecule has 8 heteroatoms. The van der Waals surface area contributed by atoms with Crippen LogP contribution in [0.2, 0.25) is 0 Å². The second-order valence-electron chi connectivity index (χ2n) is 9.44. The molecule has 2 aromatic carbocycles. The molecule has 0 aliphatic carbocycles. The van der Waals surface area contributed by atoms with Crippen LogP contribution < -0.4 is 0 Å². The van der Waals surface area contributed by atoms with Crippen molar-refractivity contribution >= 4 is 27.0 Å². The number of carbonyl (C=O) groups excluding carboxylic acids is 1. The maximum absolute atomic E-state index is 13.4. The van der Waals surface area contributed by atoms with Gasteiger partial charge in [-0.2, -0.15) is 0 Å². The second-order valence-corrected chi connectivity index (χ2v) is 12.9. The summed E-state index contributed by atoms with van der Waals surface area (Å²) in [6.07, 6.45) is 0.517. The van der Waals surface area contributed by atoms with Crippen LogP contribution in [-0.2, 0) is 34.0 Å². The highest BCUT2D eigenvalue weighted by Crippen LogP contribution is 2.45. The van der Waals surface area contributed by atoms with E-state index in [-0.39, 0.29) is 47.2 Å². The van der Waals surface area contributed by atoms with Crippen molar-refractivity contribution in [2.45, 2.75) is 64.1 Å². The third-order valence-corrected chi connectivity index (χ3v) is 9.44. The highest BCUT2D eigenvalue weighted by atomic mass is 32.2. The zero-order chi connectivity index (χ0) is 25.3. The number of Topliss-reactive ketones (excluding diaryl/α,β-unsaturated/α-hetero) is 1. The third-order valence-electron chi connectivity index (χ3n) is 6.63. The van der Waals surface area contributed by atoms with Crippen molar-refractivity contribution in [2.75, 3.05) is 5.75 Å². The Bertz CT molecular complexity index is 1300. The van der Waals surface area contributed by atoms with Crippen LogP contribution in [0.15, 0.2) is 53.4 Å². The fourth-order valence-electron chi connectivity index (χ4n) is 4.70. The molecule has 186 valence electrons. The van der Waals surface area contributed by atoms with Crippen LogP contribution in [0.25, 0.3) is 0 Å². The van der Waals surface area contributed by atoms with E-state index in [1.165, 1.54) is 17.0 Å².